The number of nitrogens with zero attached hydrogens (tertiary/aromatic N) is 2. The fraction of sp³-hybridized carbons (Fsp3) is 0.429. The minimum absolute atomic E-state index is 0.466. The molecule has 2 heteroatoms. The van der Waals surface area contributed by atoms with Crippen molar-refractivity contribution in [2.45, 2.75) is 39.7 Å². The van der Waals surface area contributed by atoms with Gasteiger partial charge >= 0.3 is 0 Å². The highest BCUT2D eigenvalue weighted by molar-refractivity contribution is 5.71. The van der Waals surface area contributed by atoms with E-state index < -0.39 is 0 Å². The molecule has 0 saturated heterocycles. The van der Waals surface area contributed by atoms with Crippen LogP contribution >= 0.6 is 0 Å². The maximum absolute atomic E-state index is 4.40. The molecular formula is C14H19N2+. The Hall–Kier alpha value is -1.44. The molecule has 0 saturated carbocycles. The van der Waals surface area contributed by atoms with Crippen molar-refractivity contribution in [1.82, 2.24) is 4.98 Å². The van der Waals surface area contributed by atoms with Crippen LogP contribution in [-0.2, 0) is 0 Å². The van der Waals surface area contributed by atoms with Crippen molar-refractivity contribution >= 4 is 11.0 Å². The number of fused-ring (bicyclic) bond motifs is 1. The van der Waals surface area contributed by atoms with Gasteiger partial charge in [0.05, 0.1) is 6.20 Å². The summed E-state index contributed by atoms with van der Waals surface area (Å²) in [6.07, 6.45) is 3.93. The Morgan fingerprint density at radius 1 is 1.12 bits per heavy atom. The van der Waals surface area contributed by atoms with Crippen LogP contribution < -0.4 is 4.57 Å². The van der Waals surface area contributed by atoms with E-state index in [4.69, 9.17) is 0 Å². The van der Waals surface area contributed by atoms with Crippen LogP contribution in [0.25, 0.3) is 11.0 Å². The van der Waals surface area contributed by atoms with Gasteiger partial charge in [0.2, 0.25) is 5.52 Å². The molecule has 0 aliphatic rings. The molecule has 0 unspecified atom stereocenters. The van der Waals surface area contributed by atoms with Gasteiger partial charge in [-0.05, 0) is 31.4 Å². The Kier molecular flexibility index (Phi) is 2.90. The molecule has 2 aromatic rings. The van der Waals surface area contributed by atoms with E-state index in [0.717, 1.165) is 5.52 Å². The SMILES string of the molecule is CC(C)c1ccc2ncc[n+](C(C)C)c2c1. The lowest BCUT2D eigenvalue weighted by atomic mass is 10.0. The number of rotatable bonds is 2. The van der Waals surface area contributed by atoms with Crippen LogP contribution in [0.5, 0.6) is 0 Å². The summed E-state index contributed by atoms with van der Waals surface area (Å²) in [6.45, 7) is 8.83. The third kappa shape index (κ3) is 1.92. The number of hydrogen-bond donors (Lipinski definition) is 0. The van der Waals surface area contributed by atoms with Crippen LogP contribution in [0.15, 0.2) is 30.6 Å². The Labute approximate surface area is 97.0 Å². The first-order chi connectivity index (χ1) is 7.59. The second-order valence-electron chi connectivity index (χ2n) is 4.83. The highest BCUT2D eigenvalue weighted by Gasteiger charge is 2.13. The van der Waals surface area contributed by atoms with E-state index in [-0.39, 0.29) is 0 Å². The van der Waals surface area contributed by atoms with Gasteiger partial charge in [0, 0.05) is 6.07 Å². The lowest BCUT2D eigenvalue weighted by molar-refractivity contribution is -0.691. The predicted molar refractivity (Wildman–Crippen MR) is 66.4 cm³/mol. The minimum Gasteiger partial charge on any atom is -0.244 e. The molecule has 0 aliphatic heterocycles. The van der Waals surface area contributed by atoms with E-state index >= 15 is 0 Å². The van der Waals surface area contributed by atoms with Gasteiger partial charge in [0.25, 0.3) is 0 Å². The zero-order valence-electron chi connectivity index (χ0n) is 10.4. The second kappa shape index (κ2) is 4.20. The molecule has 0 radical (unpaired) electrons. The summed E-state index contributed by atoms with van der Waals surface area (Å²) >= 11 is 0. The first kappa shape index (κ1) is 11.1. The summed E-state index contributed by atoms with van der Waals surface area (Å²) in [5.74, 6) is 0.560. The molecule has 0 amide bonds. The van der Waals surface area contributed by atoms with Crippen LogP contribution in [0.3, 0.4) is 0 Å². The predicted octanol–water partition coefficient (Wildman–Crippen LogP) is 3.23. The van der Waals surface area contributed by atoms with Gasteiger partial charge in [0.1, 0.15) is 5.52 Å². The summed E-state index contributed by atoms with van der Waals surface area (Å²) in [5, 5.41) is 0. The van der Waals surface area contributed by atoms with Gasteiger partial charge in [-0.2, -0.15) is 4.57 Å². The third-order valence-corrected chi connectivity index (χ3v) is 2.94. The largest absolute Gasteiger partial charge is 0.244 e. The molecule has 1 aromatic heterocycles. The topological polar surface area (TPSA) is 16.8 Å². The monoisotopic (exact) mass is 215 g/mol. The highest BCUT2D eigenvalue weighted by atomic mass is 15.0. The maximum Gasteiger partial charge on any atom is 0.231 e. The summed E-state index contributed by atoms with van der Waals surface area (Å²) < 4.78 is 2.27. The highest BCUT2D eigenvalue weighted by Crippen LogP contribution is 2.18. The maximum atomic E-state index is 4.40. The zero-order valence-corrected chi connectivity index (χ0v) is 10.4. The average Bonchev–Trinajstić information content (AvgIpc) is 2.27. The molecule has 16 heavy (non-hydrogen) atoms. The van der Waals surface area contributed by atoms with Crippen molar-refractivity contribution in [2.75, 3.05) is 0 Å². The van der Waals surface area contributed by atoms with E-state index in [0.29, 0.717) is 12.0 Å². The molecule has 2 nitrogen and oxygen atoms in total. The summed E-state index contributed by atoms with van der Waals surface area (Å²) in [7, 11) is 0. The van der Waals surface area contributed by atoms with Gasteiger partial charge < -0.3 is 0 Å². The van der Waals surface area contributed by atoms with Gasteiger partial charge in [-0.15, -0.1) is 0 Å². The quantitative estimate of drug-likeness (QED) is 0.703. The van der Waals surface area contributed by atoms with Crippen LogP contribution in [0.4, 0.5) is 0 Å². The standard InChI is InChI=1S/C14H19N2/c1-10(2)12-5-6-13-14(9-12)16(11(3)4)8-7-15-13/h5-11H,1-4H3/q+1. The van der Waals surface area contributed by atoms with E-state index in [1.165, 1.54) is 11.1 Å². The van der Waals surface area contributed by atoms with E-state index in [9.17, 15) is 0 Å². The fourth-order valence-electron chi connectivity index (χ4n) is 1.93. The molecule has 0 atom stereocenters. The lowest BCUT2D eigenvalue weighted by Crippen LogP contribution is -2.36. The van der Waals surface area contributed by atoms with Crippen LogP contribution in [-0.4, -0.2) is 4.98 Å². The first-order valence-corrected chi connectivity index (χ1v) is 5.89. The van der Waals surface area contributed by atoms with Crippen LogP contribution in [0, 0.1) is 0 Å². The number of benzene rings is 1. The molecule has 1 heterocycles. The Morgan fingerprint density at radius 3 is 2.50 bits per heavy atom. The van der Waals surface area contributed by atoms with Crippen molar-refractivity contribution in [3.8, 4) is 0 Å². The van der Waals surface area contributed by atoms with E-state index in [1.54, 1.807) is 0 Å². The first-order valence-electron chi connectivity index (χ1n) is 5.89. The normalized spacial score (nSPS) is 11.6. The van der Waals surface area contributed by atoms with Gasteiger partial charge in [0.15, 0.2) is 12.2 Å². The van der Waals surface area contributed by atoms with Crippen molar-refractivity contribution in [3.05, 3.63) is 36.2 Å². The lowest BCUT2D eigenvalue weighted by Gasteiger charge is -2.07. The molecule has 0 bridgehead atoms. The van der Waals surface area contributed by atoms with Crippen LogP contribution in [0.2, 0.25) is 0 Å². The Morgan fingerprint density at radius 2 is 1.88 bits per heavy atom. The van der Waals surface area contributed by atoms with E-state index in [1.807, 2.05) is 6.20 Å². The minimum atomic E-state index is 0.466. The molecule has 84 valence electrons. The molecule has 0 aliphatic carbocycles. The molecule has 1 aromatic carbocycles. The Bertz CT molecular complexity index is 501. The van der Waals surface area contributed by atoms with Crippen molar-refractivity contribution in [1.29, 1.82) is 0 Å². The van der Waals surface area contributed by atoms with Crippen LogP contribution in [0.1, 0.15) is 45.2 Å². The number of aromatic nitrogens is 2. The molecule has 2 rings (SSSR count). The Balaban J connectivity index is 2.68. The smallest absolute Gasteiger partial charge is 0.231 e. The van der Waals surface area contributed by atoms with Gasteiger partial charge in [-0.25, -0.2) is 4.98 Å². The van der Waals surface area contributed by atoms with Gasteiger partial charge in [-0.1, -0.05) is 19.9 Å². The van der Waals surface area contributed by atoms with Gasteiger partial charge in [-0.3, -0.25) is 0 Å². The summed E-state index contributed by atoms with van der Waals surface area (Å²) in [6, 6.07) is 7.01. The summed E-state index contributed by atoms with van der Waals surface area (Å²) in [5.41, 5.74) is 3.67. The molecule has 0 fully saturated rings. The average molecular weight is 215 g/mol. The number of hydrogen-bond acceptors (Lipinski definition) is 1. The summed E-state index contributed by atoms with van der Waals surface area (Å²) in [4.78, 5) is 4.40. The third-order valence-electron chi connectivity index (χ3n) is 2.94. The van der Waals surface area contributed by atoms with Crippen molar-refractivity contribution in [2.24, 2.45) is 0 Å². The van der Waals surface area contributed by atoms with Crippen molar-refractivity contribution < 1.29 is 4.57 Å². The molecular weight excluding hydrogens is 196 g/mol. The fourth-order valence-corrected chi connectivity index (χ4v) is 1.93. The molecule has 0 N–H and O–H groups in total. The molecule has 0 spiro atoms. The van der Waals surface area contributed by atoms with Crippen molar-refractivity contribution in [3.63, 3.8) is 0 Å². The van der Waals surface area contributed by atoms with E-state index in [2.05, 4.69) is 61.6 Å². The second-order valence-corrected chi connectivity index (χ2v) is 4.83. The zero-order chi connectivity index (χ0) is 11.7.